The SMILES string of the molecule is Cc1cc(I)ccc1Nc1nc(NC2CCCCC2)nc(N2CCCC2)n1. The van der Waals surface area contributed by atoms with Crippen molar-refractivity contribution in [1.82, 2.24) is 15.0 Å². The molecule has 1 aromatic heterocycles. The lowest BCUT2D eigenvalue weighted by molar-refractivity contribution is 0.460. The standard InChI is InChI=1S/C20H27IN6/c1-14-13-15(21)9-10-17(14)23-19-24-18(22-16-7-3-2-4-8-16)25-20(26-19)27-11-5-6-12-27/h9-10,13,16H,2-8,11-12H2,1H3,(H2,22,23,24,25,26). The minimum atomic E-state index is 0.473. The second-order valence-corrected chi connectivity index (χ2v) is 8.79. The fourth-order valence-corrected chi connectivity index (χ4v) is 4.51. The van der Waals surface area contributed by atoms with Gasteiger partial charge in [-0.3, -0.25) is 0 Å². The summed E-state index contributed by atoms with van der Waals surface area (Å²) in [4.78, 5) is 16.4. The molecule has 6 nitrogen and oxygen atoms in total. The average molecular weight is 478 g/mol. The van der Waals surface area contributed by atoms with Gasteiger partial charge in [0.25, 0.3) is 0 Å². The number of anilines is 4. The molecule has 2 fully saturated rings. The number of benzene rings is 1. The molecule has 7 heteroatoms. The summed E-state index contributed by atoms with van der Waals surface area (Å²) in [6.07, 6.45) is 8.72. The molecule has 0 unspecified atom stereocenters. The lowest BCUT2D eigenvalue weighted by Crippen LogP contribution is -2.26. The summed E-state index contributed by atoms with van der Waals surface area (Å²) >= 11 is 2.33. The minimum Gasteiger partial charge on any atom is -0.351 e. The summed E-state index contributed by atoms with van der Waals surface area (Å²) in [5.41, 5.74) is 2.23. The Morgan fingerprint density at radius 2 is 1.70 bits per heavy atom. The first-order valence-corrected chi connectivity index (χ1v) is 11.1. The predicted octanol–water partition coefficient (Wildman–Crippen LogP) is 4.87. The maximum absolute atomic E-state index is 4.74. The highest BCUT2D eigenvalue weighted by atomic mass is 127. The van der Waals surface area contributed by atoms with Gasteiger partial charge in [0.2, 0.25) is 17.8 Å². The van der Waals surface area contributed by atoms with Gasteiger partial charge in [-0.15, -0.1) is 0 Å². The van der Waals surface area contributed by atoms with Gasteiger partial charge in [0.05, 0.1) is 0 Å². The van der Waals surface area contributed by atoms with Gasteiger partial charge in [0, 0.05) is 28.4 Å². The Bertz CT molecular complexity index is 784. The summed E-state index contributed by atoms with van der Waals surface area (Å²) in [5, 5.41) is 6.97. The van der Waals surface area contributed by atoms with Crippen LogP contribution in [0, 0.1) is 10.5 Å². The van der Waals surface area contributed by atoms with Crippen LogP contribution in [0.4, 0.5) is 23.5 Å². The Kier molecular flexibility index (Phi) is 5.95. The molecule has 0 bridgehead atoms. The van der Waals surface area contributed by atoms with Crippen molar-refractivity contribution < 1.29 is 0 Å². The molecule has 1 aromatic carbocycles. The van der Waals surface area contributed by atoms with Crippen LogP contribution in [0.1, 0.15) is 50.5 Å². The monoisotopic (exact) mass is 478 g/mol. The largest absolute Gasteiger partial charge is 0.351 e. The van der Waals surface area contributed by atoms with Crippen molar-refractivity contribution in [2.45, 2.75) is 57.9 Å². The van der Waals surface area contributed by atoms with Crippen molar-refractivity contribution >= 4 is 46.1 Å². The summed E-state index contributed by atoms with van der Waals surface area (Å²) in [5.74, 6) is 2.10. The second kappa shape index (κ2) is 8.58. The first-order chi connectivity index (χ1) is 13.2. The smallest absolute Gasteiger partial charge is 0.233 e. The average Bonchev–Trinajstić information content (AvgIpc) is 3.20. The van der Waals surface area contributed by atoms with Gasteiger partial charge in [0.15, 0.2) is 0 Å². The fourth-order valence-electron chi connectivity index (χ4n) is 3.86. The van der Waals surface area contributed by atoms with Gasteiger partial charge in [-0.1, -0.05) is 19.3 Å². The van der Waals surface area contributed by atoms with E-state index in [2.05, 4.69) is 68.2 Å². The van der Waals surface area contributed by atoms with Crippen LogP contribution in [0.3, 0.4) is 0 Å². The highest BCUT2D eigenvalue weighted by molar-refractivity contribution is 14.1. The van der Waals surface area contributed by atoms with Crippen LogP contribution in [0.25, 0.3) is 0 Å². The lowest BCUT2D eigenvalue weighted by Gasteiger charge is -2.24. The third kappa shape index (κ3) is 4.80. The number of nitrogens with zero attached hydrogens (tertiary/aromatic N) is 4. The zero-order valence-corrected chi connectivity index (χ0v) is 18.0. The Morgan fingerprint density at radius 3 is 2.44 bits per heavy atom. The normalized spacial score (nSPS) is 17.9. The summed E-state index contributed by atoms with van der Waals surface area (Å²) < 4.78 is 1.23. The number of hydrogen-bond acceptors (Lipinski definition) is 6. The van der Waals surface area contributed by atoms with Gasteiger partial charge in [0.1, 0.15) is 0 Å². The van der Waals surface area contributed by atoms with E-state index < -0.39 is 0 Å². The van der Waals surface area contributed by atoms with E-state index in [0.717, 1.165) is 24.7 Å². The van der Waals surface area contributed by atoms with Crippen LogP contribution in [-0.4, -0.2) is 34.1 Å². The Morgan fingerprint density at radius 1 is 0.963 bits per heavy atom. The summed E-state index contributed by atoms with van der Waals surface area (Å²) in [7, 11) is 0. The number of hydrogen-bond donors (Lipinski definition) is 2. The van der Waals surface area contributed by atoms with Gasteiger partial charge in [-0.25, -0.2) is 0 Å². The summed E-state index contributed by atoms with van der Waals surface area (Å²) in [6.45, 7) is 4.15. The van der Waals surface area contributed by atoms with Crippen LogP contribution in [0.5, 0.6) is 0 Å². The molecule has 2 heterocycles. The predicted molar refractivity (Wildman–Crippen MR) is 119 cm³/mol. The molecule has 0 atom stereocenters. The van der Waals surface area contributed by atoms with Crippen molar-refractivity contribution in [3.63, 3.8) is 0 Å². The van der Waals surface area contributed by atoms with Crippen molar-refractivity contribution in [2.24, 2.45) is 0 Å². The Hall–Kier alpha value is -1.64. The Balaban J connectivity index is 1.60. The minimum absolute atomic E-state index is 0.473. The van der Waals surface area contributed by atoms with Crippen LogP contribution < -0.4 is 15.5 Å². The molecular weight excluding hydrogens is 451 g/mol. The van der Waals surface area contributed by atoms with Crippen molar-refractivity contribution in [3.05, 3.63) is 27.3 Å². The van der Waals surface area contributed by atoms with E-state index in [9.17, 15) is 0 Å². The van der Waals surface area contributed by atoms with E-state index in [-0.39, 0.29) is 0 Å². The first-order valence-electron chi connectivity index (χ1n) is 9.98. The number of aryl methyl sites for hydroxylation is 1. The van der Waals surface area contributed by atoms with E-state index in [1.807, 2.05) is 0 Å². The maximum atomic E-state index is 4.74. The first kappa shape index (κ1) is 18.7. The van der Waals surface area contributed by atoms with Crippen molar-refractivity contribution in [1.29, 1.82) is 0 Å². The molecule has 27 heavy (non-hydrogen) atoms. The fraction of sp³-hybridized carbons (Fsp3) is 0.550. The molecular formula is C20H27IN6. The number of aromatic nitrogens is 3. The zero-order valence-electron chi connectivity index (χ0n) is 15.8. The van der Waals surface area contributed by atoms with Crippen molar-refractivity contribution in [3.8, 4) is 0 Å². The van der Waals surface area contributed by atoms with Crippen LogP contribution in [0.15, 0.2) is 18.2 Å². The van der Waals surface area contributed by atoms with Gasteiger partial charge >= 0.3 is 0 Å². The second-order valence-electron chi connectivity index (χ2n) is 7.54. The van der Waals surface area contributed by atoms with E-state index >= 15 is 0 Å². The molecule has 1 aliphatic heterocycles. The van der Waals surface area contributed by atoms with E-state index in [0.29, 0.717) is 17.9 Å². The molecule has 1 saturated carbocycles. The number of rotatable bonds is 5. The maximum Gasteiger partial charge on any atom is 0.233 e. The molecule has 4 rings (SSSR count). The molecule has 144 valence electrons. The third-order valence-corrected chi connectivity index (χ3v) is 6.06. The molecule has 0 spiro atoms. The highest BCUT2D eigenvalue weighted by Gasteiger charge is 2.20. The molecule has 1 aliphatic carbocycles. The zero-order chi connectivity index (χ0) is 18.6. The van der Waals surface area contributed by atoms with E-state index in [1.165, 1.54) is 54.1 Å². The third-order valence-electron chi connectivity index (χ3n) is 5.39. The van der Waals surface area contributed by atoms with Crippen LogP contribution in [0.2, 0.25) is 0 Å². The van der Waals surface area contributed by atoms with Gasteiger partial charge < -0.3 is 15.5 Å². The highest BCUT2D eigenvalue weighted by Crippen LogP contribution is 2.25. The quantitative estimate of drug-likeness (QED) is 0.598. The Labute approximate surface area is 174 Å². The van der Waals surface area contributed by atoms with Crippen LogP contribution >= 0.6 is 22.6 Å². The summed E-state index contributed by atoms with van der Waals surface area (Å²) in [6, 6.07) is 6.82. The van der Waals surface area contributed by atoms with Crippen molar-refractivity contribution in [2.75, 3.05) is 28.6 Å². The molecule has 0 amide bonds. The van der Waals surface area contributed by atoms with Crippen LogP contribution in [-0.2, 0) is 0 Å². The molecule has 2 aliphatic rings. The molecule has 0 radical (unpaired) electrons. The number of halogens is 1. The topological polar surface area (TPSA) is 66.0 Å². The molecule has 1 saturated heterocycles. The number of nitrogens with one attached hydrogen (secondary N) is 2. The van der Waals surface area contributed by atoms with E-state index in [4.69, 9.17) is 9.97 Å². The van der Waals surface area contributed by atoms with Gasteiger partial charge in [-0.05, 0) is 79.0 Å². The lowest BCUT2D eigenvalue weighted by atomic mass is 9.96. The van der Waals surface area contributed by atoms with Gasteiger partial charge in [-0.2, -0.15) is 15.0 Å². The molecule has 2 aromatic rings. The molecule has 2 N–H and O–H groups in total. The van der Waals surface area contributed by atoms with E-state index in [1.54, 1.807) is 0 Å².